The molecule has 0 fully saturated rings. The fraction of sp³-hybridized carbons (Fsp3) is 0.500. The summed E-state index contributed by atoms with van der Waals surface area (Å²) >= 11 is 5.80. The molecule has 1 aromatic carbocycles. The normalized spacial score (nSPS) is 11.3. The van der Waals surface area contributed by atoms with Crippen molar-refractivity contribution in [2.24, 2.45) is 0 Å². The van der Waals surface area contributed by atoms with E-state index in [0.29, 0.717) is 17.8 Å². The molecule has 0 unspecified atom stereocenters. The van der Waals surface area contributed by atoms with Crippen molar-refractivity contribution in [3.63, 3.8) is 0 Å². The summed E-state index contributed by atoms with van der Waals surface area (Å²) in [4.78, 5) is 4.47. The third-order valence-electron chi connectivity index (χ3n) is 3.09. The molecule has 2 rings (SSSR count). The first-order valence-corrected chi connectivity index (χ1v) is 6.99. The number of methoxy groups -OCH3 is 1. The van der Waals surface area contributed by atoms with Crippen molar-refractivity contribution >= 4 is 22.6 Å². The van der Waals surface area contributed by atoms with Gasteiger partial charge in [-0.1, -0.05) is 0 Å². The highest BCUT2D eigenvalue weighted by Crippen LogP contribution is 2.19. The Morgan fingerprint density at radius 2 is 2.21 bits per heavy atom. The number of aryl methyl sites for hydroxylation is 2. The summed E-state index contributed by atoms with van der Waals surface area (Å²) in [5, 5.41) is 0. The molecule has 0 saturated carbocycles. The van der Waals surface area contributed by atoms with Gasteiger partial charge in [-0.25, -0.2) is 9.37 Å². The molecule has 0 aliphatic heterocycles. The molecule has 19 heavy (non-hydrogen) atoms. The van der Waals surface area contributed by atoms with Gasteiger partial charge in [0.05, 0.1) is 11.0 Å². The summed E-state index contributed by atoms with van der Waals surface area (Å²) in [6.45, 7) is 1.61. The number of nitrogens with zero attached hydrogens (tertiary/aromatic N) is 2. The topological polar surface area (TPSA) is 27.1 Å². The Morgan fingerprint density at radius 1 is 1.37 bits per heavy atom. The summed E-state index contributed by atoms with van der Waals surface area (Å²) < 4.78 is 20.4. The smallest absolute Gasteiger partial charge is 0.125 e. The molecule has 0 atom stereocenters. The van der Waals surface area contributed by atoms with E-state index in [-0.39, 0.29) is 5.82 Å². The SMILES string of the molecule is COCCCCn1c(CCCl)nc2cc(F)ccc21. The van der Waals surface area contributed by atoms with Gasteiger partial charge in [-0.3, -0.25) is 0 Å². The zero-order chi connectivity index (χ0) is 13.7. The second-order valence-corrected chi connectivity index (χ2v) is 4.83. The molecule has 3 nitrogen and oxygen atoms in total. The summed E-state index contributed by atoms with van der Waals surface area (Å²) in [6.07, 6.45) is 2.70. The minimum absolute atomic E-state index is 0.256. The largest absolute Gasteiger partial charge is 0.385 e. The van der Waals surface area contributed by atoms with Crippen LogP contribution in [-0.4, -0.2) is 29.1 Å². The predicted octanol–water partition coefficient (Wildman–Crippen LogP) is 3.38. The lowest BCUT2D eigenvalue weighted by molar-refractivity contribution is 0.191. The Hall–Kier alpha value is -1.13. The van der Waals surface area contributed by atoms with E-state index in [2.05, 4.69) is 9.55 Å². The monoisotopic (exact) mass is 284 g/mol. The summed E-state index contributed by atoms with van der Waals surface area (Å²) in [5.41, 5.74) is 1.67. The van der Waals surface area contributed by atoms with E-state index in [1.807, 2.05) is 0 Å². The second-order valence-electron chi connectivity index (χ2n) is 4.45. The van der Waals surface area contributed by atoms with Gasteiger partial charge in [-0.05, 0) is 25.0 Å². The number of imidazole rings is 1. The second kappa shape index (κ2) is 6.87. The lowest BCUT2D eigenvalue weighted by atomic mass is 10.3. The molecule has 1 aromatic heterocycles. The van der Waals surface area contributed by atoms with Crippen LogP contribution in [0.3, 0.4) is 0 Å². The van der Waals surface area contributed by atoms with Crippen LogP contribution < -0.4 is 0 Å². The molecule has 0 saturated heterocycles. The first-order valence-electron chi connectivity index (χ1n) is 6.46. The number of unbranched alkanes of at least 4 members (excludes halogenated alkanes) is 1. The van der Waals surface area contributed by atoms with Crippen LogP contribution in [0, 0.1) is 5.82 Å². The standard InChI is InChI=1S/C14H18ClFN2O/c1-19-9-3-2-8-18-13-5-4-11(16)10-12(13)17-14(18)6-7-15/h4-5,10H,2-3,6-9H2,1H3. The van der Waals surface area contributed by atoms with Gasteiger partial charge >= 0.3 is 0 Å². The highest BCUT2D eigenvalue weighted by molar-refractivity contribution is 6.17. The lowest BCUT2D eigenvalue weighted by Crippen LogP contribution is -2.05. The Morgan fingerprint density at radius 3 is 2.95 bits per heavy atom. The minimum atomic E-state index is -0.256. The number of hydrogen-bond acceptors (Lipinski definition) is 2. The number of hydrogen-bond donors (Lipinski definition) is 0. The van der Waals surface area contributed by atoms with Crippen molar-refractivity contribution in [1.29, 1.82) is 0 Å². The molecule has 1 heterocycles. The number of benzene rings is 1. The van der Waals surface area contributed by atoms with Gasteiger partial charge in [0, 0.05) is 38.6 Å². The number of ether oxygens (including phenoxy) is 1. The van der Waals surface area contributed by atoms with Gasteiger partial charge in [0.25, 0.3) is 0 Å². The Labute approximate surface area is 117 Å². The fourth-order valence-corrected chi connectivity index (χ4v) is 2.36. The summed E-state index contributed by atoms with van der Waals surface area (Å²) in [5.74, 6) is 1.19. The zero-order valence-electron chi connectivity index (χ0n) is 11.0. The van der Waals surface area contributed by atoms with E-state index in [9.17, 15) is 4.39 Å². The Bertz CT molecular complexity index is 541. The molecule has 0 N–H and O–H groups in total. The Balaban J connectivity index is 2.24. The minimum Gasteiger partial charge on any atom is -0.385 e. The van der Waals surface area contributed by atoms with Crippen molar-refractivity contribution in [2.45, 2.75) is 25.8 Å². The molecule has 0 aliphatic carbocycles. The number of halogens is 2. The van der Waals surface area contributed by atoms with Crippen molar-refractivity contribution in [2.75, 3.05) is 19.6 Å². The van der Waals surface area contributed by atoms with Crippen LogP contribution in [0.5, 0.6) is 0 Å². The van der Waals surface area contributed by atoms with Crippen LogP contribution in [0.4, 0.5) is 4.39 Å². The van der Waals surface area contributed by atoms with Gasteiger partial charge < -0.3 is 9.30 Å². The number of rotatable bonds is 7. The molecule has 0 amide bonds. The van der Waals surface area contributed by atoms with E-state index >= 15 is 0 Å². The molecular weight excluding hydrogens is 267 g/mol. The molecular formula is C14H18ClFN2O. The lowest BCUT2D eigenvalue weighted by Gasteiger charge is -2.08. The maximum atomic E-state index is 13.2. The number of fused-ring (bicyclic) bond motifs is 1. The first-order chi connectivity index (χ1) is 9.26. The summed E-state index contributed by atoms with van der Waals surface area (Å²) in [6, 6.07) is 4.73. The predicted molar refractivity (Wildman–Crippen MR) is 75.2 cm³/mol. The highest BCUT2D eigenvalue weighted by Gasteiger charge is 2.10. The van der Waals surface area contributed by atoms with Gasteiger partial charge in [-0.15, -0.1) is 11.6 Å². The fourth-order valence-electron chi connectivity index (χ4n) is 2.19. The first kappa shape index (κ1) is 14.3. The van der Waals surface area contributed by atoms with E-state index in [1.54, 1.807) is 13.2 Å². The zero-order valence-corrected chi connectivity index (χ0v) is 11.8. The average Bonchev–Trinajstić information content (AvgIpc) is 2.72. The van der Waals surface area contributed by atoms with Crippen molar-refractivity contribution in [1.82, 2.24) is 9.55 Å². The van der Waals surface area contributed by atoms with E-state index in [1.165, 1.54) is 12.1 Å². The van der Waals surface area contributed by atoms with Crippen LogP contribution in [0.1, 0.15) is 18.7 Å². The van der Waals surface area contributed by atoms with Crippen molar-refractivity contribution < 1.29 is 9.13 Å². The van der Waals surface area contributed by atoms with Gasteiger partial charge in [0.1, 0.15) is 11.6 Å². The quantitative estimate of drug-likeness (QED) is 0.576. The molecule has 0 aliphatic rings. The van der Waals surface area contributed by atoms with Crippen LogP contribution in [0.15, 0.2) is 18.2 Å². The van der Waals surface area contributed by atoms with Gasteiger partial charge in [0.15, 0.2) is 0 Å². The van der Waals surface area contributed by atoms with Gasteiger partial charge in [0.2, 0.25) is 0 Å². The number of aromatic nitrogens is 2. The Kier molecular flexibility index (Phi) is 5.16. The molecule has 5 heteroatoms. The van der Waals surface area contributed by atoms with Crippen LogP contribution in [0.2, 0.25) is 0 Å². The van der Waals surface area contributed by atoms with E-state index in [0.717, 1.165) is 37.3 Å². The molecule has 0 bridgehead atoms. The van der Waals surface area contributed by atoms with Crippen LogP contribution >= 0.6 is 11.6 Å². The molecule has 104 valence electrons. The molecule has 0 radical (unpaired) electrons. The third-order valence-corrected chi connectivity index (χ3v) is 3.28. The highest BCUT2D eigenvalue weighted by atomic mass is 35.5. The maximum Gasteiger partial charge on any atom is 0.125 e. The average molecular weight is 285 g/mol. The van der Waals surface area contributed by atoms with E-state index < -0.39 is 0 Å². The maximum absolute atomic E-state index is 13.2. The van der Waals surface area contributed by atoms with Crippen molar-refractivity contribution in [3.05, 3.63) is 29.8 Å². The third kappa shape index (κ3) is 3.45. The van der Waals surface area contributed by atoms with Crippen LogP contribution in [0.25, 0.3) is 11.0 Å². The number of alkyl halides is 1. The molecule has 2 aromatic rings. The van der Waals surface area contributed by atoms with Crippen molar-refractivity contribution in [3.8, 4) is 0 Å². The van der Waals surface area contributed by atoms with E-state index in [4.69, 9.17) is 16.3 Å². The summed E-state index contributed by atoms with van der Waals surface area (Å²) in [7, 11) is 1.70. The molecule has 0 spiro atoms. The van der Waals surface area contributed by atoms with Gasteiger partial charge in [-0.2, -0.15) is 0 Å². The van der Waals surface area contributed by atoms with Crippen LogP contribution in [-0.2, 0) is 17.7 Å².